The fourth-order valence-corrected chi connectivity index (χ4v) is 5.54. The lowest BCUT2D eigenvalue weighted by molar-refractivity contribution is -0.131. The van der Waals surface area contributed by atoms with Gasteiger partial charge in [0.15, 0.2) is 12.5 Å². The van der Waals surface area contributed by atoms with Gasteiger partial charge in [-0.3, -0.25) is 19.2 Å². The van der Waals surface area contributed by atoms with Crippen LogP contribution in [0.3, 0.4) is 0 Å². The number of benzene rings is 1. The number of rotatable bonds is 23. The molecular weight excluding hydrogens is 783 g/mol. The van der Waals surface area contributed by atoms with Crippen LogP contribution in [0.5, 0.6) is 0 Å². The van der Waals surface area contributed by atoms with Gasteiger partial charge in [-0.15, -0.1) is 0 Å². The van der Waals surface area contributed by atoms with Crippen molar-refractivity contribution in [2.75, 3.05) is 0 Å². The molecular formula is C46H87N5O8S. The van der Waals surface area contributed by atoms with Crippen molar-refractivity contribution in [3.63, 3.8) is 0 Å². The highest BCUT2D eigenvalue weighted by molar-refractivity contribution is 7.44. The molecule has 0 aliphatic rings. The van der Waals surface area contributed by atoms with E-state index in [1.165, 1.54) is 6.42 Å². The Morgan fingerprint density at radius 2 is 1.25 bits per heavy atom. The van der Waals surface area contributed by atoms with Gasteiger partial charge in [-0.25, -0.2) is 4.79 Å². The molecule has 5 amide bonds. The number of ether oxygens (including phenoxy) is 1. The summed E-state index contributed by atoms with van der Waals surface area (Å²) in [7, 11) is 0. The molecule has 0 bridgehead atoms. The number of nitrogens with one attached hydrogen (secondary N) is 5. The van der Waals surface area contributed by atoms with Crippen molar-refractivity contribution in [1.82, 2.24) is 26.6 Å². The molecule has 14 heteroatoms. The van der Waals surface area contributed by atoms with E-state index >= 15 is 0 Å². The molecule has 1 rings (SSSR count). The molecule has 0 fully saturated rings. The molecule has 0 aliphatic carbocycles. The Morgan fingerprint density at radius 1 is 0.717 bits per heavy atom. The second-order valence-corrected chi connectivity index (χ2v) is 15.7. The summed E-state index contributed by atoms with van der Waals surface area (Å²) in [6.07, 6.45) is 4.90. The zero-order chi connectivity index (χ0) is 47.3. The Labute approximate surface area is 370 Å². The Hall–Kier alpha value is -3.65. The molecule has 13 nitrogen and oxygen atoms in total. The monoisotopic (exact) mass is 870 g/mol. The van der Waals surface area contributed by atoms with Crippen LogP contribution < -0.4 is 26.6 Å². The summed E-state index contributed by atoms with van der Waals surface area (Å²) in [4.78, 5) is 65.0. The molecule has 1 aromatic carbocycles. The first-order valence-corrected chi connectivity index (χ1v) is 22.8. The number of hydrogen-bond acceptors (Lipinski definition) is 9. The van der Waals surface area contributed by atoms with E-state index in [1.807, 2.05) is 65.0 Å². The van der Waals surface area contributed by atoms with Gasteiger partial charge in [0.1, 0.15) is 17.7 Å². The lowest BCUT2D eigenvalue weighted by atomic mass is 9.92. The average Bonchev–Trinajstić information content (AvgIpc) is 3.21. The van der Waals surface area contributed by atoms with E-state index in [4.69, 9.17) is 8.95 Å². The Bertz CT molecular complexity index is 1250. The molecule has 1 aromatic rings. The van der Waals surface area contributed by atoms with Crippen LogP contribution >= 0.6 is 0 Å². The van der Waals surface area contributed by atoms with E-state index in [1.54, 1.807) is 34.6 Å². The molecule has 0 radical (unpaired) electrons. The highest BCUT2D eigenvalue weighted by Gasteiger charge is 2.30. The molecule has 4 unspecified atom stereocenters. The molecule has 0 saturated carbocycles. The average molecular weight is 870 g/mol. The predicted molar refractivity (Wildman–Crippen MR) is 247 cm³/mol. The number of hydrogen-bond donors (Lipinski definition) is 6. The SMILES string of the molecule is CC.CC.CCC.CCCCCC(CC(=O)N[C@@H](CCC(C)C)C(O)CC(C)C(=O)NC(CC)C(=O)NCc1ccccc1)NC(=O)[C@H](CC)NC(=O)OC(C)(C)C.O=S. The summed E-state index contributed by atoms with van der Waals surface area (Å²) in [5, 5.41) is 25.6. The number of alkyl carbamates (subject to hydrolysis) is 1. The molecule has 60 heavy (non-hydrogen) atoms. The molecule has 6 N–H and O–H groups in total. The molecule has 0 aromatic heterocycles. The number of carbonyl (C=O) groups excluding carboxylic acids is 5. The van der Waals surface area contributed by atoms with Crippen molar-refractivity contribution < 1.29 is 38.0 Å². The molecule has 0 spiro atoms. The standard InChI is InChI=1S/C39H67N5O7.C3H8.2C2H6.OS/c1-10-13-15-20-29(41-37(49)31(12-3)44-38(50)51-39(7,8)9)24-34(46)42-32(22-21-26(4)5)33(45)23-27(6)35(47)43-30(11-2)36(48)40-25-28-18-16-14-17-19-28;1-3-2;3*1-2/h14,16-19,26-27,29-33,45H,10-13,15,20-25H2,1-9H3,(H,40,48)(H,41,49)(H,42,46)(H,43,47)(H,44,50);3H2,1-2H3;2*1-2H3;/t27?,29?,30?,31-,32-,33?;;;;/m0..../s1. The maximum Gasteiger partial charge on any atom is 0.408 e. The third-order valence-electron chi connectivity index (χ3n) is 8.61. The van der Waals surface area contributed by atoms with Crippen LogP contribution in [0.1, 0.15) is 180 Å². The van der Waals surface area contributed by atoms with Gasteiger partial charge in [0, 0.05) is 24.9 Å². The quantitative estimate of drug-likeness (QED) is 0.0587. The first kappa shape index (κ1) is 63.0. The predicted octanol–water partition coefficient (Wildman–Crippen LogP) is 8.40. The minimum Gasteiger partial charge on any atom is -0.444 e. The third kappa shape index (κ3) is 33.1. The Kier molecular flexibility index (Phi) is 41.5. The van der Waals surface area contributed by atoms with Gasteiger partial charge in [0.05, 0.1) is 12.1 Å². The smallest absolute Gasteiger partial charge is 0.408 e. The van der Waals surface area contributed by atoms with E-state index in [0.29, 0.717) is 38.1 Å². The summed E-state index contributed by atoms with van der Waals surface area (Å²) in [5.41, 5.74) is 0.239. The highest BCUT2D eigenvalue weighted by atomic mass is 32.1. The van der Waals surface area contributed by atoms with Crippen molar-refractivity contribution in [1.29, 1.82) is 0 Å². The van der Waals surface area contributed by atoms with Gasteiger partial charge >= 0.3 is 6.09 Å². The summed E-state index contributed by atoms with van der Waals surface area (Å²) in [5.74, 6) is -1.66. The summed E-state index contributed by atoms with van der Waals surface area (Å²) in [6, 6.07) is 6.87. The second kappa shape index (κ2) is 39.5. The van der Waals surface area contributed by atoms with Crippen molar-refractivity contribution in [2.45, 2.75) is 217 Å². The fourth-order valence-electron chi connectivity index (χ4n) is 5.54. The first-order chi connectivity index (χ1) is 28.4. The van der Waals surface area contributed by atoms with E-state index in [9.17, 15) is 29.1 Å². The Balaban J connectivity index is -0.00000161. The van der Waals surface area contributed by atoms with Crippen LogP contribution in [0.15, 0.2) is 30.3 Å². The van der Waals surface area contributed by atoms with E-state index < -0.39 is 53.8 Å². The molecule has 350 valence electrons. The summed E-state index contributed by atoms with van der Waals surface area (Å²) in [6.45, 7) is 29.3. The Morgan fingerprint density at radius 3 is 1.73 bits per heavy atom. The van der Waals surface area contributed by atoms with Crippen LogP contribution in [0.25, 0.3) is 0 Å². The summed E-state index contributed by atoms with van der Waals surface area (Å²) < 4.78 is 13.1. The zero-order valence-corrected chi connectivity index (χ0v) is 40.9. The first-order valence-electron chi connectivity index (χ1n) is 22.5. The normalized spacial score (nSPS) is 13.3. The van der Waals surface area contributed by atoms with Gasteiger partial charge in [-0.2, -0.15) is 4.21 Å². The minimum absolute atomic E-state index is 0.00443. The van der Waals surface area contributed by atoms with Crippen LogP contribution in [0.4, 0.5) is 4.79 Å². The lowest BCUT2D eigenvalue weighted by Gasteiger charge is -2.29. The largest absolute Gasteiger partial charge is 0.444 e. The molecule has 0 heterocycles. The molecule has 0 saturated heterocycles. The van der Waals surface area contributed by atoms with Crippen molar-refractivity contribution in [3.8, 4) is 0 Å². The van der Waals surface area contributed by atoms with Gasteiger partial charge in [0.2, 0.25) is 23.6 Å². The van der Waals surface area contributed by atoms with Crippen molar-refractivity contribution in [2.24, 2.45) is 11.8 Å². The van der Waals surface area contributed by atoms with Crippen molar-refractivity contribution in [3.05, 3.63) is 35.9 Å². The number of unbranched alkanes of at least 4 members (excludes halogenated alkanes) is 2. The van der Waals surface area contributed by atoms with Gasteiger partial charge in [-0.1, -0.05) is 139 Å². The maximum absolute atomic E-state index is 13.5. The van der Waals surface area contributed by atoms with Gasteiger partial charge in [-0.05, 0) is 70.8 Å². The van der Waals surface area contributed by atoms with Crippen LogP contribution in [0, 0.1) is 11.8 Å². The third-order valence-corrected chi connectivity index (χ3v) is 8.61. The maximum atomic E-state index is 13.5. The minimum atomic E-state index is -1.02. The van der Waals surface area contributed by atoms with Crippen LogP contribution in [-0.4, -0.2) is 74.9 Å². The number of carbonyl (C=O) groups is 5. The van der Waals surface area contributed by atoms with Crippen LogP contribution in [-0.2, 0) is 43.0 Å². The van der Waals surface area contributed by atoms with Crippen LogP contribution in [0.2, 0.25) is 0 Å². The number of aliphatic hydroxyl groups is 1. The van der Waals surface area contributed by atoms with E-state index in [0.717, 1.165) is 31.2 Å². The van der Waals surface area contributed by atoms with Crippen molar-refractivity contribution >= 4 is 42.3 Å². The summed E-state index contributed by atoms with van der Waals surface area (Å²) >= 11 is 2.83. The lowest BCUT2D eigenvalue weighted by Crippen LogP contribution is -2.52. The van der Waals surface area contributed by atoms with Gasteiger partial charge < -0.3 is 36.4 Å². The highest BCUT2D eigenvalue weighted by Crippen LogP contribution is 2.17. The van der Waals surface area contributed by atoms with Gasteiger partial charge in [0.25, 0.3) is 0 Å². The fraction of sp³-hybridized carbons (Fsp3) is 0.761. The molecule has 0 aliphatic heterocycles. The molecule has 6 atom stereocenters. The topological polar surface area (TPSA) is 192 Å². The zero-order valence-electron chi connectivity index (χ0n) is 40.1. The number of amides is 5. The second-order valence-electron chi connectivity index (χ2n) is 15.7. The van der Waals surface area contributed by atoms with E-state index in [2.05, 4.69) is 73.7 Å². The number of aliphatic hydroxyl groups excluding tert-OH is 1. The van der Waals surface area contributed by atoms with E-state index in [-0.39, 0.29) is 30.6 Å².